The molecule has 4 rings (SSSR count). The summed E-state index contributed by atoms with van der Waals surface area (Å²) >= 11 is 8.12. The number of benzene rings is 2. The summed E-state index contributed by atoms with van der Waals surface area (Å²) in [5, 5.41) is 5.60. The van der Waals surface area contributed by atoms with E-state index in [1.165, 1.54) is 11.3 Å². The summed E-state index contributed by atoms with van der Waals surface area (Å²) < 4.78 is 5.55. The quantitative estimate of drug-likeness (QED) is 0.408. The van der Waals surface area contributed by atoms with Crippen LogP contribution in [0.15, 0.2) is 66.0 Å². The fraction of sp³-hybridized carbons (Fsp3) is 0.333. The van der Waals surface area contributed by atoms with Gasteiger partial charge < -0.3 is 15.0 Å². The van der Waals surface area contributed by atoms with Gasteiger partial charge >= 0.3 is 0 Å². The Bertz CT molecular complexity index is 1110. The highest BCUT2D eigenvalue weighted by Crippen LogP contribution is 2.32. The number of nitrogens with zero attached hydrogens (tertiary/aromatic N) is 1. The Labute approximate surface area is 209 Å². The van der Waals surface area contributed by atoms with E-state index < -0.39 is 6.04 Å². The standard InChI is InChI=1S/C27H29ClN2O3S/c1-33-24-15-7-2-9-19(24)18-30(25(31)17-21-12-8-16-34-21)26(22-13-5-6-14-23(22)28)27(32)29-20-10-3-4-11-20/h2,5-9,12-16,20,26H,3-4,10-11,17-18H2,1H3,(H,29,32)/t26-/m0/s1. The predicted octanol–water partition coefficient (Wildman–Crippen LogP) is 5.78. The van der Waals surface area contributed by atoms with E-state index in [1.807, 2.05) is 60.0 Å². The average Bonchev–Trinajstić information content (AvgIpc) is 3.54. The van der Waals surface area contributed by atoms with Crippen LogP contribution in [0, 0.1) is 0 Å². The minimum Gasteiger partial charge on any atom is -0.496 e. The van der Waals surface area contributed by atoms with Crippen LogP contribution in [0.5, 0.6) is 5.75 Å². The maximum Gasteiger partial charge on any atom is 0.247 e. The highest BCUT2D eigenvalue weighted by Gasteiger charge is 2.35. The van der Waals surface area contributed by atoms with Gasteiger partial charge in [-0.25, -0.2) is 0 Å². The fourth-order valence-corrected chi connectivity index (χ4v) is 5.44. The van der Waals surface area contributed by atoms with Gasteiger partial charge in [0.25, 0.3) is 0 Å². The molecule has 0 radical (unpaired) electrons. The van der Waals surface area contributed by atoms with Crippen molar-refractivity contribution in [3.05, 3.63) is 87.1 Å². The van der Waals surface area contributed by atoms with Crippen molar-refractivity contribution in [3.63, 3.8) is 0 Å². The second kappa shape index (κ2) is 11.5. The Morgan fingerprint density at radius 2 is 1.82 bits per heavy atom. The lowest BCUT2D eigenvalue weighted by Gasteiger charge is -2.33. The zero-order valence-corrected chi connectivity index (χ0v) is 20.8. The van der Waals surface area contributed by atoms with Gasteiger partial charge in [-0.1, -0.05) is 66.9 Å². The molecule has 1 aromatic heterocycles. The van der Waals surface area contributed by atoms with Gasteiger partial charge in [0.2, 0.25) is 11.8 Å². The molecule has 0 spiro atoms. The van der Waals surface area contributed by atoms with Crippen LogP contribution >= 0.6 is 22.9 Å². The van der Waals surface area contributed by atoms with Gasteiger partial charge in [-0.05, 0) is 36.4 Å². The Morgan fingerprint density at radius 3 is 2.53 bits per heavy atom. The summed E-state index contributed by atoms with van der Waals surface area (Å²) in [5.74, 6) is 0.333. The van der Waals surface area contributed by atoms with E-state index in [1.54, 1.807) is 18.1 Å². The first-order valence-electron chi connectivity index (χ1n) is 11.6. The topological polar surface area (TPSA) is 58.6 Å². The van der Waals surface area contributed by atoms with Gasteiger partial charge in [-0.2, -0.15) is 0 Å². The molecule has 1 saturated carbocycles. The lowest BCUT2D eigenvalue weighted by atomic mass is 10.0. The molecule has 2 aromatic carbocycles. The molecule has 0 unspecified atom stereocenters. The Hall–Kier alpha value is -2.83. The average molecular weight is 497 g/mol. The lowest BCUT2D eigenvalue weighted by molar-refractivity contribution is -0.141. The van der Waals surface area contributed by atoms with E-state index in [0.29, 0.717) is 16.3 Å². The van der Waals surface area contributed by atoms with E-state index in [0.717, 1.165) is 36.1 Å². The molecular weight excluding hydrogens is 468 g/mol. The molecular formula is C27H29ClN2O3S. The van der Waals surface area contributed by atoms with Gasteiger partial charge in [0, 0.05) is 27.1 Å². The minimum atomic E-state index is -0.855. The normalized spacial score (nSPS) is 14.5. The zero-order chi connectivity index (χ0) is 23.9. The molecule has 1 aliphatic rings. The third-order valence-electron chi connectivity index (χ3n) is 6.22. The van der Waals surface area contributed by atoms with Crippen LogP contribution in [0.2, 0.25) is 5.02 Å². The smallest absolute Gasteiger partial charge is 0.247 e. The largest absolute Gasteiger partial charge is 0.496 e. The summed E-state index contributed by atoms with van der Waals surface area (Å²) in [6.07, 6.45) is 4.33. The molecule has 0 saturated heterocycles. The van der Waals surface area contributed by atoms with Crippen LogP contribution in [-0.2, 0) is 22.6 Å². The minimum absolute atomic E-state index is 0.123. The number of hydrogen-bond acceptors (Lipinski definition) is 4. The third-order valence-corrected chi connectivity index (χ3v) is 7.44. The Morgan fingerprint density at radius 1 is 1.09 bits per heavy atom. The molecule has 1 aliphatic carbocycles. The molecule has 0 aliphatic heterocycles. The van der Waals surface area contributed by atoms with Crippen LogP contribution in [0.4, 0.5) is 0 Å². The number of rotatable bonds is 9. The van der Waals surface area contributed by atoms with Crippen molar-refractivity contribution in [1.82, 2.24) is 10.2 Å². The van der Waals surface area contributed by atoms with Gasteiger partial charge in [0.15, 0.2) is 0 Å². The molecule has 2 amide bonds. The number of para-hydroxylation sites is 1. The molecule has 1 N–H and O–H groups in total. The molecule has 0 bridgehead atoms. The first-order chi connectivity index (χ1) is 16.6. The van der Waals surface area contributed by atoms with Crippen LogP contribution in [-0.4, -0.2) is 29.9 Å². The number of nitrogens with one attached hydrogen (secondary N) is 1. The van der Waals surface area contributed by atoms with Crippen molar-refractivity contribution >= 4 is 34.8 Å². The molecule has 1 fully saturated rings. The van der Waals surface area contributed by atoms with Crippen LogP contribution < -0.4 is 10.1 Å². The van der Waals surface area contributed by atoms with E-state index in [2.05, 4.69) is 5.32 Å². The Kier molecular flexibility index (Phi) is 8.25. The molecule has 34 heavy (non-hydrogen) atoms. The third kappa shape index (κ3) is 5.80. The van der Waals surface area contributed by atoms with Crippen molar-refractivity contribution < 1.29 is 14.3 Å². The molecule has 7 heteroatoms. The molecule has 5 nitrogen and oxygen atoms in total. The number of hydrogen-bond donors (Lipinski definition) is 1. The molecule has 1 atom stereocenters. The van der Waals surface area contributed by atoms with Crippen molar-refractivity contribution in [3.8, 4) is 5.75 Å². The van der Waals surface area contributed by atoms with Gasteiger partial charge in [0.05, 0.1) is 20.1 Å². The van der Waals surface area contributed by atoms with Crippen LogP contribution in [0.1, 0.15) is 47.7 Å². The van der Waals surface area contributed by atoms with E-state index in [9.17, 15) is 9.59 Å². The van der Waals surface area contributed by atoms with Gasteiger partial charge in [0.1, 0.15) is 11.8 Å². The highest BCUT2D eigenvalue weighted by molar-refractivity contribution is 7.10. The summed E-state index contributed by atoms with van der Waals surface area (Å²) in [6, 6.07) is 18.0. The second-order valence-electron chi connectivity index (χ2n) is 8.50. The summed E-state index contributed by atoms with van der Waals surface area (Å²) in [4.78, 5) is 30.1. The van der Waals surface area contributed by atoms with Crippen molar-refractivity contribution in [2.24, 2.45) is 0 Å². The second-order valence-corrected chi connectivity index (χ2v) is 9.94. The number of methoxy groups -OCH3 is 1. The predicted molar refractivity (Wildman–Crippen MR) is 136 cm³/mol. The molecule has 3 aromatic rings. The highest BCUT2D eigenvalue weighted by atomic mass is 35.5. The monoisotopic (exact) mass is 496 g/mol. The number of ether oxygens (including phenoxy) is 1. The zero-order valence-electron chi connectivity index (χ0n) is 19.2. The summed E-state index contributed by atoms with van der Waals surface area (Å²) in [5.41, 5.74) is 1.45. The summed E-state index contributed by atoms with van der Waals surface area (Å²) in [6.45, 7) is 0.224. The number of amides is 2. The molecule has 178 valence electrons. The van der Waals surface area contributed by atoms with E-state index in [4.69, 9.17) is 16.3 Å². The van der Waals surface area contributed by atoms with Gasteiger partial charge in [-0.15, -0.1) is 11.3 Å². The first-order valence-corrected chi connectivity index (χ1v) is 12.8. The molecule has 1 heterocycles. The number of thiophene rings is 1. The maximum atomic E-state index is 13.8. The van der Waals surface area contributed by atoms with E-state index >= 15 is 0 Å². The van der Waals surface area contributed by atoms with Crippen LogP contribution in [0.3, 0.4) is 0 Å². The van der Waals surface area contributed by atoms with E-state index in [-0.39, 0.29) is 30.8 Å². The van der Waals surface area contributed by atoms with Gasteiger partial charge in [-0.3, -0.25) is 9.59 Å². The SMILES string of the molecule is COc1ccccc1CN(C(=O)Cc1cccs1)[C@H](C(=O)NC1CCCC1)c1ccccc1Cl. The number of carbonyl (C=O) groups is 2. The van der Waals surface area contributed by atoms with Crippen molar-refractivity contribution in [2.75, 3.05) is 7.11 Å². The summed E-state index contributed by atoms with van der Waals surface area (Å²) in [7, 11) is 1.61. The van der Waals surface area contributed by atoms with Crippen LogP contribution in [0.25, 0.3) is 0 Å². The lowest BCUT2D eigenvalue weighted by Crippen LogP contribution is -2.46. The fourth-order valence-electron chi connectivity index (χ4n) is 4.50. The first kappa shape index (κ1) is 24.3. The Balaban J connectivity index is 1.74. The van der Waals surface area contributed by atoms with Crippen molar-refractivity contribution in [1.29, 1.82) is 0 Å². The van der Waals surface area contributed by atoms with Crippen molar-refractivity contribution in [2.45, 2.75) is 50.7 Å². The number of carbonyl (C=O) groups excluding carboxylic acids is 2. The number of halogens is 1. The maximum absolute atomic E-state index is 13.8.